The summed E-state index contributed by atoms with van der Waals surface area (Å²) in [6.07, 6.45) is 18.4. The van der Waals surface area contributed by atoms with Crippen LogP contribution in [0.5, 0.6) is 5.75 Å². The lowest BCUT2D eigenvalue weighted by Gasteiger charge is -2.58. The summed E-state index contributed by atoms with van der Waals surface area (Å²) in [6.45, 7) is 12.6. The fraction of sp³-hybridized carbons (Fsp3) is 0.725. The molecule has 0 radical (unpaired) electrons. The van der Waals surface area contributed by atoms with Gasteiger partial charge in [0.25, 0.3) is 5.91 Å². The summed E-state index contributed by atoms with van der Waals surface area (Å²) < 4.78 is 11.0. The molecular formula is C51H80N6O8. The van der Waals surface area contributed by atoms with Crippen LogP contribution in [0, 0.1) is 46.3 Å². The molecule has 0 spiro atoms. The highest BCUT2D eigenvalue weighted by Gasteiger charge is 2.59. The van der Waals surface area contributed by atoms with E-state index in [-0.39, 0.29) is 55.5 Å². The van der Waals surface area contributed by atoms with Gasteiger partial charge in [-0.2, -0.15) is 0 Å². The Kier molecular flexibility index (Phi) is 19.6. The van der Waals surface area contributed by atoms with E-state index in [1.54, 1.807) is 31.4 Å². The zero-order chi connectivity index (χ0) is 47.0. The Bertz CT molecular complexity index is 1800. The monoisotopic (exact) mass is 905 g/mol. The number of allylic oxidation sites excluding steroid dienone is 1. The van der Waals surface area contributed by atoms with E-state index < -0.39 is 17.7 Å². The van der Waals surface area contributed by atoms with Crippen molar-refractivity contribution in [1.29, 1.82) is 0 Å². The van der Waals surface area contributed by atoms with Gasteiger partial charge in [0, 0.05) is 38.0 Å². The number of hydrogen-bond donors (Lipinski definition) is 6. The number of rotatable bonds is 24. The van der Waals surface area contributed by atoms with Crippen molar-refractivity contribution in [2.75, 3.05) is 46.4 Å². The molecule has 4 aliphatic carbocycles. The van der Waals surface area contributed by atoms with Crippen molar-refractivity contribution in [2.45, 2.75) is 143 Å². The van der Waals surface area contributed by atoms with E-state index in [1.165, 1.54) is 56.9 Å². The Morgan fingerprint density at radius 2 is 1.34 bits per heavy atom. The molecule has 1 unspecified atom stereocenters. The van der Waals surface area contributed by atoms with E-state index in [9.17, 15) is 28.8 Å². The smallest absolute Gasteiger partial charge is 0.407 e. The number of methoxy groups -OCH3 is 1. The van der Waals surface area contributed by atoms with Crippen molar-refractivity contribution in [3.63, 3.8) is 0 Å². The van der Waals surface area contributed by atoms with E-state index in [0.717, 1.165) is 61.2 Å². The number of unbranched alkanes of at least 4 members (excludes halogenated alkanes) is 2. The first-order chi connectivity index (χ1) is 31.1. The Labute approximate surface area is 388 Å². The van der Waals surface area contributed by atoms with Crippen LogP contribution in [0.1, 0.15) is 148 Å². The molecule has 4 aliphatic rings. The average Bonchev–Trinajstić information content (AvgIpc) is 3.65. The third kappa shape index (κ3) is 14.7. The number of alkyl carbamates (subject to hydrolysis) is 1. The topological polar surface area (TPSA) is 193 Å². The minimum atomic E-state index is -0.549. The van der Waals surface area contributed by atoms with Crippen LogP contribution in [0.15, 0.2) is 35.9 Å². The maximum atomic E-state index is 12.8. The van der Waals surface area contributed by atoms with E-state index >= 15 is 0 Å². The van der Waals surface area contributed by atoms with Crippen molar-refractivity contribution < 1.29 is 38.2 Å². The second-order valence-corrected chi connectivity index (χ2v) is 20.3. The molecular weight excluding hydrogens is 825 g/mol. The molecule has 362 valence electrons. The Balaban J connectivity index is 0.862. The summed E-state index contributed by atoms with van der Waals surface area (Å²) in [5.74, 6) is 3.47. The van der Waals surface area contributed by atoms with Crippen LogP contribution < -0.4 is 36.6 Å². The molecule has 14 heteroatoms. The van der Waals surface area contributed by atoms with Crippen molar-refractivity contribution in [1.82, 2.24) is 31.9 Å². The largest absolute Gasteiger partial charge is 0.497 e. The molecule has 3 fully saturated rings. The minimum Gasteiger partial charge on any atom is -0.497 e. The lowest BCUT2D eigenvalue weighted by atomic mass is 9.47. The first-order valence-corrected chi connectivity index (χ1v) is 24.8. The predicted octanol–water partition coefficient (Wildman–Crippen LogP) is 6.98. The fourth-order valence-electron chi connectivity index (χ4n) is 11.9. The molecule has 0 heterocycles. The van der Waals surface area contributed by atoms with Gasteiger partial charge in [0.05, 0.1) is 26.7 Å². The highest BCUT2D eigenvalue weighted by Crippen LogP contribution is 2.67. The second-order valence-electron chi connectivity index (χ2n) is 20.3. The van der Waals surface area contributed by atoms with Crippen LogP contribution in [0.3, 0.4) is 0 Å². The Hall–Kier alpha value is -4.62. The van der Waals surface area contributed by atoms with E-state index in [2.05, 4.69) is 72.6 Å². The third-order valence-electron chi connectivity index (χ3n) is 15.5. The molecule has 0 aromatic heterocycles. The minimum absolute atomic E-state index is 0.0966. The number of hydrogen-bond acceptors (Lipinski definition) is 8. The van der Waals surface area contributed by atoms with Gasteiger partial charge in [0.1, 0.15) is 11.9 Å². The van der Waals surface area contributed by atoms with Crippen LogP contribution in [0.25, 0.3) is 0 Å². The quantitative estimate of drug-likeness (QED) is 0.0473. The predicted molar refractivity (Wildman–Crippen MR) is 252 cm³/mol. The van der Waals surface area contributed by atoms with Crippen molar-refractivity contribution in [3.05, 3.63) is 41.5 Å². The number of fused-ring (bicyclic) bond motifs is 5. The van der Waals surface area contributed by atoms with Crippen LogP contribution in [0.2, 0.25) is 0 Å². The van der Waals surface area contributed by atoms with Crippen molar-refractivity contribution >= 4 is 35.6 Å². The van der Waals surface area contributed by atoms with Gasteiger partial charge >= 0.3 is 6.09 Å². The van der Waals surface area contributed by atoms with Crippen molar-refractivity contribution in [3.8, 4) is 5.75 Å². The molecule has 5 rings (SSSR count). The molecule has 6 amide bonds. The lowest BCUT2D eigenvalue weighted by Crippen LogP contribution is -2.51. The zero-order valence-corrected chi connectivity index (χ0v) is 40.3. The first-order valence-electron chi connectivity index (χ1n) is 24.8. The highest BCUT2D eigenvalue weighted by molar-refractivity contribution is 5.94. The molecule has 14 nitrogen and oxygen atoms in total. The first kappa shape index (κ1) is 51.4. The number of carbonyl (C=O) groups excluding carboxylic acids is 6. The summed E-state index contributed by atoms with van der Waals surface area (Å²) in [5.41, 5.74) is 2.70. The summed E-state index contributed by atoms with van der Waals surface area (Å²) in [6, 6.07) is 6.72. The van der Waals surface area contributed by atoms with Crippen LogP contribution in [-0.2, 0) is 23.9 Å². The summed E-state index contributed by atoms with van der Waals surface area (Å²) >= 11 is 0. The van der Waals surface area contributed by atoms with Crippen LogP contribution >= 0.6 is 0 Å². The second kappa shape index (κ2) is 24.8. The summed E-state index contributed by atoms with van der Waals surface area (Å²) in [5, 5.41) is 15.7. The van der Waals surface area contributed by atoms with E-state index in [4.69, 9.17) is 9.47 Å². The third-order valence-corrected chi connectivity index (χ3v) is 15.5. The van der Waals surface area contributed by atoms with E-state index in [0.29, 0.717) is 55.6 Å². The number of nitrogens with one attached hydrogen (secondary N) is 6. The molecule has 3 saturated carbocycles. The van der Waals surface area contributed by atoms with Gasteiger partial charge in [-0.25, -0.2) is 4.79 Å². The van der Waals surface area contributed by atoms with Crippen LogP contribution in [0.4, 0.5) is 4.79 Å². The van der Waals surface area contributed by atoms with Gasteiger partial charge in [-0.15, -0.1) is 0 Å². The Morgan fingerprint density at radius 1 is 0.677 bits per heavy atom. The molecule has 65 heavy (non-hydrogen) atoms. The summed E-state index contributed by atoms with van der Waals surface area (Å²) in [4.78, 5) is 73.6. The average molecular weight is 905 g/mol. The fourth-order valence-corrected chi connectivity index (χ4v) is 11.9. The van der Waals surface area contributed by atoms with Crippen LogP contribution in [-0.4, -0.2) is 88.1 Å². The molecule has 6 N–H and O–H groups in total. The standard InChI is InChI=1S/C51H80N6O8/c1-34(2)12-10-13-35(3)41-21-22-42-40-20-17-37-30-39(23-25-50(37,4)43(40)24-26-51(41,42)5)65-49(63)54-27-9-7-8-14-44(58)55-32-46(60)57-33-47(61)56-31-45(59)52-28-11-29-53-48(62)36-15-18-38(64-6)19-16-36/h15-19,34-35,39-43H,7-14,20-33H2,1-6H3,(H,52,59)(H,53,62)(H,54,63)(H,55,58)(H,56,61)(H,57,60)/t35-,39?,40+,41-,42+,43+,50+,51-/m1/s1. The Morgan fingerprint density at radius 3 is 2.03 bits per heavy atom. The molecule has 0 saturated heterocycles. The molecule has 8 atom stereocenters. The molecule has 1 aromatic rings. The maximum absolute atomic E-state index is 12.8. The molecule has 0 bridgehead atoms. The highest BCUT2D eigenvalue weighted by atomic mass is 16.6. The molecule has 0 aliphatic heterocycles. The van der Waals surface area contributed by atoms with Gasteiger partial charge in [0.2, 0.25) is 23.6 Å². The van der Waals surface area contributed by atoms with Gasteiger partial charge in [-0.05, 0) is 135 Å². The molecule has 1 aromatic carbocycles. The number of ether oxygens (including phenoxy) is 2. The zero-order valence-electron chi connectivity index (χ0n) is 40.3. The number of benzene rings is 1. The maximum Gasteiger partial charge on any atom is 0.407 e. The summed E-state index contributed by atoms with van der Waals surface area (Å²) in [7, 11) is 1.55. The van der Waals surface area contributed by atoms with Gasteiger partial charge < -0.3 is 41.4 Å². The van der Waals surface area contributed by atoms with Gasteiger partial charge in [-0.3, -0.25) is 24.0 Å². The van der Waals surface area contributed by atoms with Gasteiger partial charge in [0.15, 0.2) is 0 Å². The van der Waals surface area contributed by atoms with E-state index in [1.807, 2.05) is 0 Å². The number of carbonyl (C=O) groups is 6. The SMILES string of the molecule is COc1ccc(C(=O)NCCCNC(=O)CNC(=O)CNC(=O)CNC(=O)CCCCCNC(=O)OC2CC[C@@]3(C)C(=CC[C@H]4[C@@H]5CC[C@H]([C@H](C)CCCC(C)C)[C@@]5(C)CC[C@@H]43)C2)cc1. The normalized spacial score (nSPS) is 26.0. The van der Waals surface area contributed by atoms with Gasteiger partial charge in [-0.1, -0.05) is 72.0 Å². The number of amides is 6. The van der Waals surface area contributed by atoms with Crippen molar-refractivity contribution in [2.24, 2.45) is 46.3 Å². The lowest BCUT2D eigenvalue weighted by molar-refractivity contribution is -0.128.